The highest BCUT2D eigenvalue weighted by Gasteiger charge is 2.12. The first-order chi connectivity index (χ1) is 15.1. The second-order valence-corrected chi connectivity index (χ2v) is 6.81. The van der Waals surface area contributed by atoms with Crippen molar-refractivity contribution in [1.29, 1.82) is 0 Å². The Morgan fingerprint density at radius 3 is 2.32 bits per heavy atom. The minimum atomic E-state index is -0.331. The van der Waals surface area contributed by atoms with Gasteiger partial charge in [-0.15, -0.1) is 0 Å². The molecule has 1 heterocycles. The number of fused-ring (bicyclic) bond motifs is 1. The molecule has 0 aliphatic heterocycles. The molecular formula is C23H28N4O4. The van der Waals surface area contributed by atoms with E-state index >= 15 is 0 Å². The Labute approximate surface area is 182 Å². The van der Waals surface area contributed by atoms with Crippen molar-refractivity contribution in [3.63, 3.8) is 0 Å². The lowest BCUT2D eigenvalue weighted by Crippen LogP contribution is -2.27. The molecule has 8 heteroatoms. The summed E-state index contributed by atoms with van der Waals surface area (Å²) in [5, 5.41) is 4.06. The van der Waals surface area contributed by atoms with E-state index in [-0.39, 0.29) is 5.97 Å². The molecule has 1 aromatic heterocycles. The molecule has 0 bridgehead atoms. The van der Waals surface area contributed by atoms with Crippen LogP contribution in [0.1, 0.15) is 24.2 Å². The summed E-state index contributed by atoms with van der Waals surface area (Å²) in [6.07, 6.45) is 1.48. The molecule has 0 fully saturated rings. The lowest BCUT2D eigenvalue weighted by Gasteiger charge is -2.17. The van der Waals surface area contributed by atoms with Gasteiger partial charge in [0.05, 0.1) is 25.3 Å². The number of aromatic nitrogens is 2. The van der Waals surface area contributed by atoms with Gasteiger partial charge in [-0.1, -0.05) is 13.8 Å². The third-order valence-corrected chi connectivity index (χ3v) is 5.06. The number of nitrogens with zero attached hydrogens (tertiary/aromatic N) is 3. The lowest BCUT2D eigenvalue weighted by molar-refractivity contribution is 0.0466. The summed E-state index contributed by atoms with van der Waals surface area (Å²) in [7, 11) is 3.17. The molecule has 0 saturated carbocycles. The topological polar surface area (TPSA) is 85.8 Å². The highest BCUT2D eigenvalue weighted by molar-refractivity contribution is 5.93. The Hall–Kier alpha value is -3.39. The molecule has 3 rings (SSSR count). The molecule has 0 radical (unpaired) electrons. The highest BCUT2D eigenvalue weighted by Crippen LogP contribution is 2.34. The summed E-state index contributed by atoms with van der Waals surface area (Å²) in [5.74, 6) is 1.49. The number of anilines is 2. The molecule has 0 atom stereocenters. The summed E-state index contributed by atoms with van der Waals surface area (Å²) in [6, 6.07) is 10.7. The fraction of sp³-hybridized carbons (Fsp3) is 0.348. The van der Waals surface area contributed by atoms with Crippen LogP contribution >= 0.6 is 0 Å². The SMILES string of the molecule is CCN(CC)CCOC(=O)c1ccc(Nc2ncnc3cc(OC)c(OC)cc23)cc1. The van der Waals surface area contributed by atoms with Crippen LogP contribution in [0.25, 0.3) is 10.9 Å². The van der Waals surface area contributed by atoms with Gasteiger partial charge in [-0.25, -0.2) is 14.8 Å². The van der Waals surface area contributed by atoms with Crippen LogP contribution in [0.2, 0.25) is 0 Å². The van der Waals surface area contributed by atoms with Crippen LogP contribution < -0.4 is 14.8 Å². The van der Waals surface area contributed by atoms with Gasteiger partial charge in [0, 0.05) is 23.7 Å². The number of hydrogen-bond acceptors (Lipinski definition) is 8. The smallest absolute Gasteiger partial charge is 0.338 e. The summed E-state index contributed by atoms with van der Waals surface area (Å²) >= 11 is 0. The summed E-state index contributed by atoms with van der Waals surface area (Å²) < 4.78 is 16.1. The maximum atomic E-state index is 12.3. The third-order valence-electron chi connectivity index (χ3n) is 5.06. The zero-order valence-electron chi connectivity index (χ0n) is 18.3. The molecule has 0 saturated heterocycles. The van der Waals surface area contributed by atoms with E-state index in [4.69, 9.17) is 14.2 Å². The van der Waals surface area contributed by atoms with Crippen molar-refractivity contribution in [1.82, 2.24) is 14.9 Å². The van der Waals surface area contributed by atoms with Crippen LogP contribution in [0.15, 0.2) is 42.7 Å². The maximum Gasteiger partial charge on any atom is 0.338 e. The Morgan fingerprint density at radius 1 is 1.00 bits per heavy atom. The third kappa shape index (κ3) is 5.40. The molecule has 164 valence electrons. The Bertz CT molecular complexity index is 1020. The zero-order chi connectivity index (χ0) is 22.2. The average molecular weight is 425 g/mol. The van der Waals surface area contributed by atoms with Gasteiger partial charge in [0.1, 0.15) is 18.8 Å². The van der Waals surface area contributed by atoms with Crippen LogP contribution in [0.3, 0.4) is 0 Å². The van der Waals surface area contributed by atoms with Gasteiger partial charge in [0.15, 0.2) is 11.5 Å². The normalized spacial score (nSPS) is 10.9. The monoisotopic (exact) mass is 424 g/mol. The number of likely N-dealkylation sites (N-methyl/N-ethyl adjacent to an activating group) is 1. The molecule has 3 aromatic rings. The number of ether oxygens (including phenoxy) is 3. The van der Waals surface area contributed by atoms with Crippen LogP contribution in [0.5, 0.6) is 11.5 Å². The molecule has 8 nitrogen and oxygen atoms in total. The number of rotatable bonds is 10. The largest absolute Gasteiger partial charge is 0.493 e. The van der Waals surface area contributed by atoms with Gasteiger partial charge in [0.25, 0.3) is 0 Å². The van der Waals surface area contributed by atoms with Crippen molar-refractivity contribution in [2.45, 2.75) is 13.8 Å². The molecule has 0 aliphatic carbocycles. The fourth-order valence-corrected chi connectivity index (χ4v) is 3.20. The van der Waals surface area contributed by atoms with Crippen molar-refractivity contribution in [3.8, 4) is 11.5 Å². The van der Waals surface area contributed by atoms with Crippen LogP contribution in [-0.4, -0.2) is 61.3 Å². The first-order valence-corrected chi connectivity index (χ1v) is 10.2. The van der Waals surface area contributed by atoms with Crippen molar-refractivity contribution in [3.05, 3.63) is 48.3 Å². The summed E-state index contributed by atoms with van der Waals surface area (Å²) in [5.41, 5.74) is 2.02. The first kappa shape index (κ1) is 22.3. The van der Waals surface area contributed by atoms with E-state index in [1.165, 1.54) is 6.33 Å². The minimum absolute atomic E-state index is 0.331. The van der Waals surface area contributed by atoms with E-state index in [1.54, 1.807) is 32.4 Å². The number of esters is 1. The molecule has 0 amide bonds. The van der Waals surface area contributed by atoms with Gasteiger partial charge >= 0.3 is 5.97 Å². The molecular weight excluding hydrogens is 396 g/mol. The average Bonchev–Trinajstić information content (AvgIpc) is 2.81. The van der Waals surface area contributed by atoms with Crippen LogP contribution in [0.4, 0.5) is 11.5 Å². The molecule has 0 unspecified atom stereocenters. The fourth-order valence-electron chi connectivity index (χ4n) is 3.20. The number of nitrogens with one attached hydrogen (secondary N) is 1. The summed E-state index contributed by atoms with van der Waals surface area (Å²) in [6.45, 7) is 7.15. The molecule has 1 N–H and O–H groups in total. The number of benzene rings is 2. The van der Waals surface area contributed by atoms with E-state index in [9.17, 15) is 4.79 Å². The van der Waals surface area contributed by atoms with Gasteiger partial charge in [-0.3, -0.25) is 0 Å². The first-order valence-electron chi connectivity index (χ1n) is 10.2. The van der Waals surface area contributed by atoms with Gasteiger partial charge in [0.2, 0.25) is 0 Å². The van der Waals surface area contributed by atoms with Crippen molar-refractivity contribution in [2.75, 3.05) is 45.8 Å². The second kappa shape index (κ2) is 10.6. The zero-order valence-corrected chi connectivity index (χ0v) is 18.3. The van der Waals surface area contributed by atoms with Crippen LogP contribution in [-0.2, 0) is 4.74 Å². The maximum absolute atomic E-state index is 12.3. The Balaban J connectivity index is 1.71. The van der Waals surface area contributed by atoms with Crippen molar-refractivity contribution >= 4 is 28.4 Å². The van der Waals surface area contributed by atoms with E-state index < -0.39 is 0 Å². The Morgan fingerprint density at radius 2 is 1.68 bits per heavy atom. The predicted octanol–water partition coefficient (Wildman–Crippen LogP) is 3.89. The number of carbonyl (C=O) groups excluding carboxylic acids is 1. The predicted molar refractivity (Wildman–Crippen MR) is 120 cm³/mol. The molecule has 0 spiro atoms. The van der Waals surface area contributed by atoms with Gasteiger partial charge in [-0.05, 0) is 43.4 Å². The van der Waals surface area contributed by atoms with Gasteiger partial charge < -0.3 is 24.4 Å². The van der Waals surface area contributed by atoms with E-state index in [2.05, 4.69) is 34.0 Å². The second-order valence-electron chi connectivity index (χ2n) is 6.81. The molecule has 2 aromatic carbocycles. The van der Waals surface area contributed by atoms with E-state index in [0.717, 1.165) is 36.2 Å². The van der Waals surface area contributed by atoms with Crippen LogP contribution in [0, 0.1) is 0 Å². The summed E-state index contributed by atoms with van der Waals surface area (Å²) in [4.78, 5) is 23.1. The van der Waals surface area contributed by atoms with Crippen molar-refractivity contribution < 1.29 is 19.0 Å². The van der Waals surface area contributed by atoms with Crippen molar-refractivity contribution in [2.24, 2.45) is 0 Å². The Kier molecular flexibility index (Phi) is 7.61. The quantitative estimate of drug-likeness (QED) is 0.491. The molecule has 0 aliphatic rings. The standard InChI is InChI=1S/C23H28N4O4/c1-5-27(6-2)11-12-31-23(28)16-7-9-17(10-8-16)26-22-18-13-20(29-3)21(30-4)14-19(18)24-15-25-22/h7-10,13-15H,5-6,11-12H2,1-4H3,(H,24,25,26). The lowest BCUT2D eigenvalue weighted by atomic mass is 10.2. The van der Waals surface area contributed by atoms with E-state index in [0.29, 0.717) is 29.5 Å². The number of carbonyl (C=O) groups is 1. The number of methoxy groups -OCH3 is 2. The minimum Gasteiger partial charge on any atom is -0.493 e. The van der Waals surface area contributed by atoms with Gasteiger partial charge in [-0.2, -0.15) is 0 Å². The number of hydrogen-bond donors (Lipinski definition) is 1. The molecule has 31 heavy (non-hydrogen) atoms. The highest BCUT2D eigenvalue weighted by atomic mass is 16.5. The van der Waals surface area contributed by atoms with E-state index in [1.807, 2.05) is 18.2 Å².